The topological polar surface area (TPSA) is 107 Å². The minimum Gasteiger partial charge on any atom is -0.444 e. The Labute approximate surface area is 264 Å². The average Bonchev–Trinajstić information content (AvgIpc) is 3.53. The molecule has 0 aliphatic rings. The second kappa shape index (κ2) is 15.2. The molecule has 4 aromatic rings. The Bertz CT molecular complexity index is 1640. The number of tetrazole rings is 1. The van der Waals surface area contributed by atoms with Gasteiger partial charge in [0.15, 0.2) is 0 Å². The van der Waals surface area contributed by atoms with E-state index in [1.54, 1.807) is 0 Å². The SMILES string of the molecule is O=C(OC(Cn1cnnn1)(c1ccc(F)cc1F)C(F)(F)c1ccc(C#Cc2ccc(F)cc2)cn1)[C@H](CCCCNCl)NCl. The normalized spacial score (nSPS) is 13.4. The van der Waals surface area contributed by atoms with E-state index in [-0.39, 0.29) is 12.0 Å². The van der Waals surface area contributed by atoms with E-state index in [1.165, 1.54) is 30.3 Å². The molecule has 0 aliphatic carbocycles. The van der Waals surface area contributed by atoms with Gasteiger partial charge in [-0.25, -0.2) is 27.5 Å². The summed E-state index contributed by atoms with van der Waals surface area (Å²) in [6, 6.07) is 8.02. The Morgan fingerprint density at radius 3 is 2.31 bits per heavy atom. The standard InChI is InChI=1S/C29H24Cl2F5N7O2/c30-38-14-2-1-3-25(40-31)27(44)45-28(17-43-18-39-41-42-43,23-12-11-22(33)15-24(23)34)29(35,36)26-13-8-20(16-37-26)5-4-19-6-9-21(32)10-7-19/h6-13,15-16,18,25,38,40H,1-3,14,17H2/t25-,28?/m0/s1. The number of rotatable bonds is 13. The Kier molecular flexibility index (Phi) is 11.4. The maximum absolute atomic E-state index is 16.9. The number of hydrogen-bond donors (Lipinski definition) is 2. The molecule has 0 aliphatic heterocycles. The smallest absolute Gasteiger partial charge is 0.334 e. The number of unbranched alkanes of at least 4 members (excludes halogenated alkanes) is 1. The zero-order valence-corrected chi connectivity index (χ0v) is 24.7. The fraction of sp³-hybridized carbons (Fsp3) is 0.276. The quantitative estimate of drug-likeness (QED) is 0.0664. The van der Waals surface area contributed by atoms with Gasteiger partial charge in [0.2, 0.25) is 5.60 Å². The molecule has 0 amide bonds. The zero-order valence-electron chi connectivity index (χ0n) is 23.2. The molecule has 0 bridgehead atoms. The van der Waals surface area contributed by atoms with Crippen LogP contribution in [0.5, 0.6) is 0 Å². The van der Waals surface area contributed by atoms with Gasteiger partial charge in [0.05, 0.1) is 6.54 Å². The summed E-state index contributed by atoms with van der Waals surface area (Å²) in [6.45, 7) is -0.621. The fourth-order valence-electron chi connectivity index (χ4n) is 4.34. The maximum atomic E-state index is 16.9. The van der Waals surface area contributed by atoms with Crippen LogP contribution >= 0.6 is 23.6 Å². The molecule has 2 N–H and O–H groups in total. The molecule has 0 saturated carbocycles. The number of esters is 1. The number of hydrogen-bond acceptors (Lipinski definition) is 8. The third-order valence-corrected chi connectivity index (χ3v) is 7.09. The van der Waals surface area contributed by atoms with Crippen molar-refractivity contribution in [3.63, 3.8) is 0 Å². The third-order valence-electron chi connectivity index (χ3n) is 6.64. The minimum absolute atomic E-state index is 0.0407. The summed E-state index contributed by atoms with van der Waals surface area (Å²) in [7, 11) is 0. The Morgan fingerprint density at radius 2 is 1.69 bits per heavy atom. The second-order valence-electron chi connectivity index (χ2n) is 9.68. The lowest BCUT2D eigenvalue weighted by molar-refractivity contribution is -0.233. The molecular formula is C29H24Cl2F5N7O2. The highest BCUT2D eigenvalue weighted by molar-refractivity contribution is 6.14. The van der Waals surface area contributed by atoms with Crippen LogP contribution in [-0.2, 0) is 27.6 Å². The molecule has 0 saturated heterocycles. The van der Waals surface area contributed by atoms with Crippen LogP contribution in [0.15, 0.2) is 67.1 Å². The van der Waals surface area contributed by atoms with Gasteiger partial charge in [-0.3, -0.25) is 9.78 Å². The first kappa shape index (κ1) is 33.7. The van der Waals surface area contributed by atoms with E-state index < -0.39 is 58.8 Å². The largest absolute Gasteiger partial charge is 0.444 e. The van der Waals surface area contributed by atoms with Gasteiger partial charge in [-0.2, -0.15) is 8.78 Å². The van der Waals surface area contributed by atoms with Gasteiger partial charge in [0.1, 0.15) is 35.5 Å². The van der Waals surface area contributed by atoms with Crippen LogP contribution in [-0.4, -0.2) is 43.7 Å². The van der Waals surface area contributed by atoms with E-state index in [4.69, 9.17) is 28.3 Å². The second-order valence-corrected chi connectivity index (χ2v) is 10.2. The maximum Gasteiger partial charge on any atom is 0.334 e. The first-order chi connectivity index (χ1) is 21.6. The number of carbonyl (C=O) groups excluding carboxylic acids is 1. The van der Waals surface area contributed by atoms with Gasteiger partial charge in [-0.1, -0.05) is 11.8 Å². The first-order valence-electron chi connectivity index (χ1n) is 13.3. The summed E-state index contributed by atoms with van der Waals surface area (Å²) >= 11 is 11.2. The van der Waals surface area contributed by atoms with E-state index in [0.29, 0.717) is 31.0 Å². The van der Waals surface area contributed by atoms with E-state index in [1.807, 2.05) is 0 Å². The number of aromatic nitrogens is 5. The van der Waals surface area contributed by atoms with Crippen LogP contribution in [0, 0.1) is 29.3 Å². The van der Waals surface area contributed by atoms with Crippen LogP contribution in [0.2, 0.25) is 0 Å². The van der Waals surface area contributed by atoms with Crippen molar-refractivity contribution in [1.82, 2.24) is 34.9 Å². The van der Waals surface area contributed by atoms with Gasteiger partial charge < -0.3 is 4.74 Å². The number of halogens is 7. The number of carbonyl (C=O) groups is 1. The number of nitrogens with zero attached hydrogens (tertiary/aromatic N) is 5. The van der Waals surface area contributed by atoms with Gasteiger partial charge >= 0.3 is 11.9 Å². The van der Waals surface area contributed by atoms with Crippen molar-refractivity contribution >= 4 is 29.5 Å². The highest BCUT2D eigenvalue weighted by Gasteiger charge is 2.62. The zero-order chi connectivity index (χ0) is 32.5. The lowest BCUT2D eigenvalue weighted by Gasteiger charge is -2.40. The van der Waals surface area contributed by atoms with Gasteiger partial charge in [0, 0.05) is 35.5 Å². The fourth-order valence-corrected chi connectivity index (χ4v) is 4.67. The Hall–Kier alpha value is -4.16. The lowest BCUT2D eigenvalue weighted by atomic mass is 9.83. The van der Waals surface area contributed by atoms with Crippen molar-refractivity contribution in [3.8, 4) is 11.8 Å². The number of pyridine rings is 1. The van der Waals surface area contributed by atoms with E-state index in [9.17, 15) is 13.6 Å². The number of benzene rings is 2. The van der Waals surface area contributed by atoms with E-state index in [2.05, 4.69) is 42.0 Å². The van der Waals surface area contributed by atoms with Gasteiger partial charge in [-0.15, -0.1) is 5.10 Å². The van der Waals surface area contributed by atoms with Crippen LogP contribution in [0.4, 0.5) is 22.0 Å². The van der Waals surface area contributed by atoms with Crippen molar-refractivity contribution < 1.29 is 31.5 Å². The molecule has 0 spiro atoms. The van der Waals surface area contributed by atoms with Gasteiger partial charge in [-0.05, 0) is 102 Å². The van der Waals surface area contributed by atoms with Crippen LogP contribution in [0.25, 0.3) is 0 Å². The molecule has 2 aromatic heterocycles. The van der Waals surface area contributed by atoms with Gasteiger partial charge in [0.25, 0.3) is 0 Å². The van der Waals surface area contributed by atoms with Crippen LogP contribution in [0.3, 0.4) is 0 Å². The third kappa shape index (κ3) is 8.12. The summed E-state index contributed by atoms with van der Waals surface area (Å²) in [5, 5.41) is 10.5. The van der Waals surface area contributed by atoms with Crippen molar-refractivity contribution in [3.05, 3.63) is 107 Å². The molecule has 4 rings (SSSR count). The molecule has 0 radical (unpaired) electrons. The predicted octanol–water partition coefficient (Wildman–Crippen LogP) is 5.14. The molecule has 45 heavy (non-hydrogen) atoms. The number of ether oxygens (including phenoxy) is 1. The summed E-state index contributed by atoms with van der Waals surface area (Å²) < 4.78 is 82.8. The number of alkyl halides is 2. The van der Waals surface area contributed by atoms with Crippen molar-refractivity contribution in [2.75, 3.05) is 6.54 Å². The summed E-state index contributed by atoms with van der Waals surface area (Å²) in [4.78, 5) is 21.9. The lowest BCUT2D eigenvalue weighted by Crippen LogP contribution is -2.53. The van der Waals surface area contributed by atoms with Crippen LogP contribution < -0.4 is 9.67 Å². The summed E-state index contributed by atoms with van der Waals surface area (Å²) in [5.41, 5.74) is -4.35. The average molecular weight is 668 g/mol. The molecule has 2 aromatic carbocycles. The summed E-state index contributed by atoms with van der Waals surface area (Å²) in [6.07, 6.45) is 2.92. The molecule has 236 valence electrons. The molecule has 1 unspecified atom stereocenters. The van der Waals surface area contributed by atoms with Crippen molar-refractivity contribution in [2.45, 2.75) is 43.4 Å². The molecule has 9 nitrogen and oxygen atoms in total. The minimum atomic E-state index is -4.30. The highest BCUT2D eigenvalue weighted by atomic mass is 35.5. The van der Waals surface area contributed by atoms with E-state index >= 15 is 13.2 Å². The van der Waals surface area contributed by atoms with E-state index in [0.717, 1.165) is 35.4 Å². The molecule has 0 fully saturated rings. The Morgan fingerprint density at radius 1 is 0.978 bits per heavy atom. The van der Waals surface area contributed by atoms with Crippen molar-refractivity contribution in [1.29, 1.82) is 0 Å². The highest BCUT2D eigenvalue weighted by Crippen LogP contribution is 2.49. The molecular weight excluding hydrogens is 644 g/mol. The number of nitrogens with one attached hydrogen (secondary N) is 2. The molecule has 2 atom stereocenters. The van der Waals surface area contributed by atoms with Crippen LogP contribution in [0.1, 0.15) is 41.6 Å². The molecule has 2 heterocycles. The summed E-state index contributed by atoms with van der Waals surface area (Å²) in [5.74, 6) is -3.00. The Balaban J connectivity index is 1.79. The first-order valence-corrected chi connectivity index (χ1v) is 14.1. The van der Waals surface area contributed by atoms with Crippen molar-refractivity contribution in [2.24, 2.45) is 0 Å². The predicted molar refractivity (Wildman–Crippen MR) is 153 cm³/mol. The molecule has 16 heteroatoms. The monoisotopic (exact) mass is 667 g/mol.